The van der Waals surface area contributed by atoms with Crippen LogP contribution in [-0.2, 0) is 14.3 Å². The first-order valence-electron chi connectivity index (χ1n) is 7.64. The molecular weight excluding hydrogens is 266 g/mol. The van der Waals surface area contributed by atoms with E-state index < -0.39 is 0 Å². The standard InChI is InChI=1S/C17H25NO3/c1-4-15-12-21-13(2)10-18(15)11-16(17(19)20-3)14-8-6-5-7-9-14/h5-9,13,15-16H,4,10-12H2,1-3H3. The molecule has 0 amide bonds. The lowest BCUT2D eigenvalue weighted by molar-refractivity contribution is -0.144. The van der Waals surface area contributed by atoms with Gasteiger partial charge in [-0.3, -0.25) is 9.69 Å². The van der Waals surface area contributed by atoms with Crippen LogP contribution < -0.4 is 0 Å². The summed E-state index contributed by atoms with van der Waals surface area (Å²) >= 11 is 0. The fourth-order valence-electron chi connectivity index (χ4n) is 2.89. The molecule has 0 aromatic heterocycles. The fraction of sp³-hybridized carbons (Fsp3) is 0.588. The molecule has 0 aliphatic carbocycles. The molecule has 116 valence electrons. The molecule has 21 heavy (non-hydrogen) atoms. The third-order valence-electron chi connectivity index (χ3n) is 4.16. The molecule has 1 saturated heterocycles. The Morgan fingerprint density at radius 1 is 1.43 bits per heavy atom. The lowest BCUT2D eigenvalue weighted by atomic mass is 9.97. The minimum atomic E-state index is -0.240. The van der Waals surface area contributed by atoms with Gasteiger partial charge in [0.15, 0.2) is 0 Å². The van der Waals surface area contributed by atoms with Gasteiger partial charge in [0.05, 0.1) is 25.7 Å². The first-order valence-corrected chi connectivity index (χ1v) is 7.64. The van der Waals surface area contributed by atoms with Crippen LogP contribution in [0.2, 0.25) is 0 Å². The van der Waals surface area contributed by atoms with E-state index in [9.17, 15) is 4.79 Å². The van der Waals surface area contributed by atoms with Crippen LogP contribution >= 0.6 is 0 Å². The smallest absolute Gasteiger partial charge is 0.314 e. The number of hydrogen-bond donors (Lipinski definition) is 0. The molecule has 0 bridgehead atoms. The van der Waals surface area contributed by atoms with E-state index in [4.69, 9.17) is 9.47 Å². The van der Waals surface area contributed by atoms with E-state index in [2.05, 4.69) is 18.7 Å². The van der Waals surface area contributed by atoms with Crippen molar-refractivity contribution in [2.75, 3.05) is 26.8 Å². The molecule has 4 heteroatoms. The summed E-state index contributed by atoms with van der Waals surface area (Å²) in [7, 11) is 1.46. The maximum Gasteiger partial charge on any atom is 0.314 e. The molecule has 1 aliphatic rings. The van der Waals surface area contributed by atoms with Crippen molar-refractivity contribution in [3.05, 3.63) is 35.9 Å². The zero-order valence-corrected chi connectivity index (χ0v) is 13.1. The Kier molecular flexibility index (Phi) is 5.76. The van der Waals surface area contributed by atoms with Gasteiger partial charge in [0.2, 0.25) is 0 Å². The largest absolute Gasteiger partial charge is 0.469 e. The lowest BCUT2D eigenvalue weighted by Gasteiger charge is -2.39. The van der Waals surface area contributed by atoms with Crippen molar-refractivity contribution >= 4 is 5.97 Å². The Morgan fingerprint density at radius 3 is 2.76 bits per heavy atom. The predicted molar refractivity (Wildman–Crippen MR) is 82.3 cm³/mol. The van der Waals surface area contributed by atoms with Crippen LogP contribution in [0.15, 0.2) is 30.3 Å². The van der Waals surface area contributed by atoms with Crippen molar-refractivity contribution in [2.45, 2.75) is 38.3 Å². The number of ether oxygens (including phenoxy) is 2. The minimum absolute atomic E-state index is 0.171. The zero-order chi connectivity index (χ0) is 15.2. The normalized spacial score (nSPS) is 24.5. The van der Waals surface area contributed by atoms with Crippen LogP contribution in [0.3, 0.4) is 0 Å². The number of hydrogen-bond acceptors (Lipinski definition) is 4. The van der Waals surface area contributed by atoms with Crippen LogP contribution in [-0.4, -0.2) is 49.8 Å². The highest BCUT2D eigenvalue weighted by Crippen LogP contribution is 2.23. The molecule has 1 aliphatic heterocycles. The summed E-state index contributed by atoms with van der Waals surface area (Å²) in [5.41, 5.74) is 1.01. The quantitative estimate of drug-likeness (QED) is 0.781. The van der Waals surface area contributed by atoms with E-state index in [0.29, 0.717) is 12.6 Å². The number of methoxy groups -OCH3 is 1. The van der Waals surface area contributed by atoms with Crippen molar-refractivity contribution in [2.24, 2.45) is 0 Å². The van der Waals surface area contributed by atoms with Crippen LogP contribution in [0.5, 0.6) is 0 Å². The molecule has 0 radical (unpaired) electrons. The summed E-state index contributed by atoms with van der Waals surface area (Å²) in [6, 6.07) is 10.2. The van der Waals surface area contributed by atoms with E-state index >= 15 is 0 Å². The van der Waals surface area contributed by atoms with Crippen LogP contribution in [0.4, 0.5) is 0 Å². The Labute approximate surface area is 127 Å². The molecule has 1 heterocycles. The maximum absolute atomic E-state index is 12.2. The second-order valence-corrected chi connectivity index (χ2v) is 5.65. The molecule has 0 N–H and O–H groups in total. The summed E-state index contributed by atoms with van der Waals surface area (Å²) < 4.78 is 10.7. The van der Waals surface area contributed by atoms with E-state index in [-0.39, 0.29) is 18.0 Å². The van der Waals surface area contributed by atoms with E-state index in [0.717, 1.165) is 25.1 Å². The SMILES string of the molecule is CCC1COC(C)CN1CC(C(=O)OC)c1ccccc1. The van der Waals surface area contributed by atoms with Gasteiger partial charge in [-0.2, -0.15) is 0 Å². The maximum atomic E-state index is 12.2. The molecule has 1 aromatic carbocycles. The first-order chi connectivity index (χ1) is 10.2. The summed E-state index contributed by atoms with van der Waals surface area (Å²) in [5.74, 6) is -0.411. The Morgan fingerprint density at radius 2 is 2.14 bits per heavy atom. The number of carbonyl (C=O) groups excluding carboxylic acids is 1. The van der Waals surface area contributed by atoms with Gasteiger partial charge in [0, 0.05) is 19.1 Å². The van der Waals surface area contributed by atoms with Crippen molar-refractivity contribution in [3.63, 3.8) is 0 Å². The average molecular weight is 291 g/mol. The summed E-state index contributed by atoms with van der Waals surface area (Å²) in [5, 5.41) is 0. The number of benzene rings is 1. The number of nitrogens with zero attached hydrogens (tertiary/aromatic N) is 1. The summed E-state index contributed by atoms with van der Waals surface area (Å²) in [6.45, 7) is 6.52. The van der Waals surface area contributed by atoms with Crippen molar-refractivity contribution < 1.29 is 14.3 Å². The predicted octanol–water partition coefficient (Wildman–Crippen LogP) is 2.44. The van der Waals surface area contributed by atoms with Crippen molar-refractivity contribution in [1.82, 2.24) is 4.90 Å². The molecule has 1 aromatic rings. The highest BCUT2D eigenvalue weighted by molar-refractivity contribution is 5.78. The molecule has 1 fully saturated rings. The number of rotatable bonds is 5. The van der Waals surface area contributed by atoms with Gasteiger partial charge in [-0.25, -0.2) is 0 Å². The van der Waals surface area contributed by atoms with Gasteiger partial charge in [0.1, 0.15) is 0 Å². The monoisotopic (exact) mass is 291 g/mol. The van der Waals surface area contributed by atoms with Gasteiger partial charge in [-0.1, -0.05) is 37.3 Å². The highest BCUT2D eigenvalue weighted by Gasteiger charge is 2.31. The molecule has 0 spiro atoms. The molecule has 3 atom stereocenters. The Balaban J connectivity index is 2.16. The Hall–Kier alpha value is -1.39. The van der Waals surface area contributed by atoms with Crippen LogP contribution in [0.25, 0.3) is 0 Å². The summed E-state index contributed by atoms with van der Waals surface area (Å²) in [6.07, 6.45) is 1.23. The molecule has 4 nitrogen and oxygen atoms in total. The van der Waals surface area contributed by atoms with Crippen LogP contribution in [0, 0.1) is 0 Å². The topological polar surface area (TPSA) is 38.8 Å². The number of carbonyl (C=O) groups is 1. The average Bonchev–Trinajstić information content (AvgIpc) is 2.53. The van der Waals surface area contributed by atoms with E-state index in [1.165, 1.54) is 7.11 Å². The Bertz CT molecular complexity index is 449. The highest BCUT2D eigenvalue weighted by atomic mass is 16.5. The molecule has 2 rings (SSSR count). The fourth-order valence-corrected chi connectivity index (χ4v) is 2.89. The third-order valence-corrected chi connectivity index (χ3v) is 4.16. The number of esters is 1. The zero-order valence-electron chi connectivity index (χ0n) is 13.1. The third kappa shape index (κ3) is 4.05. The second kappa shape index (κ2) is 7.57. The van der Waals surface area contributed by atoms with Gasteiger partial charge in [0.25, 0.3) is 0 Å². The minimum Gasteiger partial charge on any atom is -0.469 e. The van der Waals surface area contributed by atoms with Crippen molar-refractivity contribution in [1.29, 1.82) is 0 Å². The van der Waals surface area contributed by atoms with Crippen LogP contribution in [0.1, 0.15) is 31.7 Å². The van der Waals surface area contributed by atoms with Gasteiger partial charge in [-0.15, -0.1) is 0 Å². The van der Waals surface area contributed by atoms with Gasteiger partial charge < -0.3 is 9.47 Å². The van der Waals surface area contributed by atoms with E-state index in [1.54, 1.807) is 0 Å². The summed E-state index contributed by atoms with van der Waals surface area (Å²) in [4.78, 5) is 14.5. The number of morpholine rings is 1. The first kappa shape index (κ1) is 16.0. The van der Waals surface area contributed by atoms with E-state index in [1.807, 2.05) is 30.3 Å². The van der Waals surface area contributed by atoms with Gasteiger partial charge in [-0.05, 0) is 18.9 Å². The van der Waals surface area contributed by atoms with Gasteiger partial charge >= 0.3 is 5.97 Å². The van der Waals surface area contributed by atoms with Crippen molar-refractivity contribution in [3.8, 4) is 0 Å². The molecular formula is C17H25NO3. The second-order valence-electron chi connectivity index (χ2n) is 5.65. The lowest BCUT2D eigenvalue weighted by Crippen LogP contribution is -2.50. The molecule has 3 unspecified atom stereocenters. The molecule has 0 saturated carbocycles.